The van der Waals surface area contributed by atoms with Crippen LogP contribution in [0.2, 0.25) is 0 Å². The summed E-state index contributed by atoms with van der Waals surface area (Å²) < 4.78 is 12.8. The molecule has 6 fully saturated rings. The number of hydrogen-bond donors (Lipinski definition) is 0. The number of hydrogen-bond acceptors (Lipinski definition) is 4. The van der Waals surface area contributed by atoms with Crippen molar-refractivity contribution in [2.24, 2.45) is 28.6 Å². The second-order valence-electron chi connectivity index (χ2n) is 11.0. The van der Waals surface area contributed by atoms with E-state index in [-0.39, 0.29) is 34.1 Å². The largest absolute Gasteiger partial charge is 0.458 e. The van der Waals surface area contributed by atoms with Crippen molar-refractivity contribution in [1.29, 1.82) is 0 Å². The van der Waals surface area contributed by atoms with E-state index in [4.69, 9.17) is 9.47 Å². The van der Waals surface area contributed by atoms with Crippen LogP contribution in [-0.4, -0.2) is 29.1 Å². The lowest BCUT2D eigenvalue weighted by atomic mass is 9.46. The van der Waals surface area contributed by atoms with E-state index in [9.17, 15) is 9.59 Å². The molecular formula is C23H28O4. The summed E-state index contributed by atoms with van der Waals surface area (Å²) in [6, 6.07) is 0. The lowest BCUT2D eigenvalue weighted by Gasteiger charge is -2.56. The number of ether oxygens (including phenoxy) is 2. The van der Waals surface area contributed by atoms with Gasteiger partial charge in [0, 0.05) is 36.0 Å². The van der Waals surface area contributed by atoms with E-state index in [2.05, 4.69) is 13.8 Å². The summed E-state index contributed by atoms with van der Waals surface area (Å²) in [4.78, 5) is 24.3. The highest BCUT2D eigenvalue weighted by atomic mass is 16.6. The first-order valence-corrected chi connectivity index (χ1v) is 11.0. The first kappa shape index (κ1) is 15.7. The summed E-state index contributed by atoms with van der Waals surface area (Å²) >= 11 is 0. The third-order valence-corrected chi connectivity index (χ3v) is 10.4. The van der Waals surface area contributed by atoms with E-state index in [1.165, 1.54) is 18.4 Å². The number of allylic oxidation sites excluding steroid dienone is 1. The minimum Gasteiger partial charge on any atom is -0.458 e. The normalized spacial score (nSPS) is 59.6. The molecule has 7 rings (SSSR count). The number of ketones is 1. The average molecular weight is 368 g/mol. The first-order valence-electron chi connectivity index (χ1n) is 11.0. The van der Waals surface area contributed by atoms with Gasteiger partial charge in [-0.15, -0.1) is 0 Å². The Morgan fingerprint density at radius 1 is 1.07 bits per heavy atom. The van der Waals surface area contributed by atoms with E-state index >= 15 is 0 Å². The topological polar surface area (TPSA) is 55.9 Å². The number of epoxide rings is 1. The summed E-state index contributed by atoms with van der Waals surface area (Å²) in [5, 5.41) is 0. The average Bonchev–Trinajstić information content (AvgIpc) is 3.49. The van der Waals surface area contributed by atoms with Crippen LogP contribution in [0, 0.1) is 28.6 Å². The van der Waals surface area contributed by atoms with E-state index in [1.807, 2.05) is 0 Å². The molecule has 0 amide bonds. The maximum atomic E-state index is 12.2. The van der Waals surface area contributed by atoms with Crippen LogP contribution in [0.5, 0.6) is 0 Å². The molecule has 2 heterocycles. The fourth-order valence-electron chi connectivity index (χ4n) is 9.04. The highest BCUT2D eigenvalue weighted by Crippen LogP contribution is 2.81. The zero-order chi connectivity index (χ0) is 18.4. The Bertz CT molecular complexity index is 858. The van der Waals surface area contributed by atoms with Crippen molar-refractivity contribution in [3.8, 4) is 0 Å². The van der Waals surface area contributed by atoms with Crippen molar-refractivity contribution in [2.75, 3.05) is 0 Å². The standard InChI is InChI=1S/C23H28O4/c1-20-6-3-12(24)9-16(20)13-10-14(13)19-15-4-7-22(8-5-18(25)27-22)21(15,2)11-17-23(19,20)26-17/h14-15,17,19H,3-11H2,1-2H3/t14?,15?,17?,19?,20?,21?,22-,23-/m1/s1. The minimum atomic E-state index is -0.241. The van der Waals surface area contributed by atoms with Crippen LogP contribution in [-0.2, 0) is 19.1 Å². The summed E-state index contributed by atoms with van der Waals surface area (Å²) in [7, 11) is 0. The van der Waals surface area contributed by atoms with Crippen molar-refractivity contribution < 1.29 is 19.1 Å². The van der Waals surface area contributed by atoms with E-state index < -0.39 is 0 Å². The second kappa shape index (κ2) is 4.22. The smallest absolute Gasteiger partial charge is 0.306 e. The molecular weight excluding hydrogens is 340 g/mol. The van der Waals surface area contributed by atoms with Crippen molar-refractivity contribution in [3.05, 3.63) is 11.1 Å². The maximum Gasteiger partial charge on any atom is 0.306 e. The fourth-order valence-corrected chi connectivity index (χ4v) is 9.04. The molecule has 4 heteroatoms. The van der Waals surface area contributed by atoms with Crippen LogP contribution in [0.25, 0.3) is 0 Å². The Morgan fingerprint density at radius 3 is 2.70 bits per heavy atom. The lowest BCUT2D eigenvalue weighted by molar-refractivity contribution is -0.164. The van der Waals surface area contributed by atoms with Crippen LogP contribution < -0.4 is 0 Å². The molecule has 5 aliphatic carbocycles. The van der Waals surface area contributed by atoms with Crippen molar-refractivity contribution in [1.82, 2.24) is 0 Å². The molecule has 0 aromatic carbocycles. The summed E-state index contributed by atoms with van der Waals surface area (Å²) in [5.41, 5.74) is 2.90. The van der Waals surface area contributed by atoms with Crippen LogP contribution in [0.1, 0.15) is 71.6 Å². The van der Waals surface area contributed by atoms with Gasteiger partial charge in [0.05, 0.1) is 6.10 Å². The molecule has 0 aromatic rings. The molecule has 7 aliphatic rings. The number of esters is 1. The van der Waals surface area contributed by atoms with Crippen LogP contribution in [0.15, 0.2) is 11.1 Å². The molecule has 4 nitrogen and oxygen atoms in total. The molecule has 4 saturated carbocycles. The van der Waals surface area contributed by atoms with Gasteiger partial charge in [0.1, 0.15) is 17.0 Å². The molecule has 0 aromatic heterocycles. The molecule has 144 valence electrons. The molecule has 0 radical (unpaired) electrons. The highest BCUT2D eigenvalue weighted by Gasteiger charge is 2.84. The van der Waals surface area contributed by atoms with Gasteiger partial charge in [-0.05, 0) is 50.4 Å². The summed E-state index contributed by atoms with van der Waals surface area (Å²) in [6.45, 7) is 4.81. The number of rotatable bonds is 0. The van der Waals surface area contributed by atoms with E-state index in [0.29, 0.717) is 42.8 Å². The molecule has 27 heavy (non-hydrogen) atoms. The zero-order valence-electron chi connectivity index (χ0n) is 16.3. The van der Waals surface area contributed by atoms with Gasteiger partial charge in [0.15, 0.2) is 0 Å². The van der Waals surface area contributed by atoms with Crippen molar-refractivity contribution in [3.63, 3.8) is 0 Å². The second-order valence-corrected chi connectivity index (χ2v) is 11.0. The van der Waals surface area contributed by atoms with E-state index in [1.54, 1.807) is 5.57 Å². The minimum absolute atomic E-state index is 0.00104. The Kier molecular flexibility index (Phi) is 2.46. The highest BCUT2D eigenvalue weighted by molar-refractivity contribution is 5.84. The van der Waals surface area contributed by atoms with Gasteiger partial charge < -0.3 is 9.47 Å². The third-order valence-electron chi connectivity index (χ3n) is 10.4. The zero-order valence-corrected chi connectivity index (χ0v) is 16.3. The number of Topliss-reactive ketones (excluding diaryl/α,β-unsaturated/α-hetero) is 1. The monoisotopic (exact) mass is 368 g/mol. The predicted molar refractivity (Wildman–Crippen MR) is 96.7 cm³/mol. The number of fused-ring (bicyclic) bond motifs is 6. The van der Waals surface area contributed by atoms with Gasteiger partial charge in [-0.3, -0.25) is 9.59 Å². The fraction of sp³-hybridized carbons (Fsp3) is 0.826. The van der Waals surface area contributed by atoms with Crippen LogP contribution >= 0.6 is 0 Å². The molecule has 0 bridgehead atoms. The number of carbonyl (C=O) groups is 2. The molecule has 2 saturated heterocycles. The predicted octanol–water partition coefficient (Wildman–Crippen LogP) is 3.73. The Balaban J connectivity index is 1.36. The van der Waals surface area contributed by atoms with Crippen molar-refractivity contribution in [2.45, 2.75) is 88.9 Å². The molecule has 6 unspecified atom stereocenters. The Morgan fingerprint density at radius 2 is 1.93 bits per heavy atom. The van der Waals surface area contributed by atoms with Gasteiger partial charge in [-0.25, -0.2) is 0 Å². The van der Waals surface area contributed by atoms with Gasteiger partial charge in [0.2, 0.25) is 0 Å². The van der Waals surface area contributed by atoms with Crippen LogP contribution in [0.3, 0.4) is 0 Å². The first-order chi connectivity index (χ1) is 12.8. The van der Waals surface area contributed by atoms with Crippen molar-refractivity contribution >= 4 is 11.8 Å². The molecule has 2 spiro atoms. The Labute approximate surface area is 160 Å². The van der Waals surface area contributed by atoms with E-state index in [0.717, 1.165) is 25.7 Å². The summed E-state index contributed by atoms with van der Waals surface area (Å²) in [6.07, 6.45) is 8.54. The molecule has 8 atom stereocenters. The van der Waals surface area contributed by atoms with Gasteiger partial charge in [0.25, 0.3) is 0 Å². The third kappa shape index (κ3) is 1.47. The van der Waals surface area contributed by atoms with Gasteiger partial charge in [-0.2, -0.15) is 0 Å². The molecule has 0 N–H and O–H groups in total. The maximum absolute atomic E-state index is 12.2. The SMILES string of the molecule is CC12CC3O[C@@]34C(C3CC3=C3CC(=O)CCC34C)C1CC[C@@]21CCC(=O)O1. The van der Waals surface area contributed by atoms with Gasteiger partial charge in [-0.1, -0.05) is 25.0 Å². The number of carbonyl (C=O) groups excluding carboxylic acids is 2. The van der Waals surface area contributed by atoms with Crippen LogP contribution in [0.4, 0.5) is 0 Å². The quantitative estimate of drug-likeness (QED) is 0.371. The molecule has 2 aliphatic heterocycles. The Hall–Kier alpha value is -1.16. The lowest BCUT2D eigenvalue weighted by Crippen LogP contribution is -2.60. The van der Waals surface area contributed by atoms with Gasteiger partial charge >= 0.3 is 5.97 Å². The summed E-state index contributed by atoms with van der Waals surface area (Å²) in [5.74, 6) is 2.20.